The molecule has 0 radical (unpaired) electrons. The molecular weight excluding hydrogens is 580 g/mol. The molecule has 11 heteroatoms. The molecule has 1 saturated heterocycles. The van der Waals surface area contributed by atoms with Crippen LogP contribution in [0.2, 0.25) is 0 Å². The summed E-state index contributed by atoms with van der Waals surface area (Å²) in [5.74, 6) is -1.36. The van der Waals surface area contributed by atoms with Crippen LogP contribution in [0.1, 0.15) is 49.9 Å². The monoisotopic (exact) mass is 628 g/mol. The first kappa shape index (κ1) is 31.5. The number of ether oxygens (including phenoxy) is 5. The zero-order valence-electron chi connectivity index (χ0n) is 27.2. The molecule has 6 aliphatic rings. The van der Waals surface area contributed by atoms with Crippen molar-refractivity contribution in [3.05, 3.63) is 29.8 Å². The number of carbonyl (C=O) groups is 2. The molecule has 1 spiro atoms. The number of hydrogen-bond acceptors (Lipinski definition) is 10. The zero-order chi connectivity index (χ0) is 32.1. The lowest BCUT2D eigenvalue weighted by atomic mass is 9.42. The quantitative estimate of drug-likeness (QED) is 0.349. The molecule has 5 saturated carbocycles. The van der Waals surface area contributed by atoms with Crippen LogP contribution in [-0.2, 0) is 28.5 Å². The number of nitrogens with one attached hydrogen (secondary N) is 1. The summed E-state index contributed by atoms with van der Waals surface area (Å²) < 4.78 is 31.2. The van der Waals surface area contributed by atoms with E-state index in [4.69, 9.17) is 23.7 Å². The van der Waals surface area contributed by atoms with Crippen molar-refractivity contribution in [1.82, 2.24) is 4.90 Å². The number of esters is 1. The third-order valence-corrected chi connectivity index (χ3v) is 13.3. The lowest BCUT2D eigenvalue weighted by Gasteiger charge is -2.70. The Labute approximate surface area is 264 Å². The summed E-state index contributed by atoms with van der Waals surface area (Å²) >= 11 is 0. The number of rotatable bonds is 9. The minimum Gasteiger partial charge on any atom is -0.461 e. The number of aliphatic hydroxyl groups is 2. The van der Waals surface area contributed by atoms with Crippen molar-refractivity contribution in [2.75, 3.05) is 53.5 Å². The van der Waals surface area contributed by atoms with Crippen LogP contribution >= 0.6 is 0 Å². The highest BCUT2D eigenvalue weighted by Gasteiger charge is 2.91. The van der Waals surface area contributed by atoms with Crippen LogP contribution in [-0.4, -0.2) is 117 Å². The van der Waals surface area contributed by atoms with Crippen molar-refractivity contribution < 1.29 is 43.5 Å². The SMILES string of the molecule is CCN1C[C@]2(COC(=O)c3ccccc3NC(C)=O)CC[C@H](OC)C34[C@@H]5C[C@H]6[C@H](OC)[C@@H]5[C@](O)(C[C@@H]6OC)[C@@](O)([C@@H](OC)[C@@H]32)[C@@H]14. The first-order valence-electron chi connectivity index (χ1n) is 16.4. The average Bonchev–Trinajstić information content (AvgIpc) is 3.45. The van der Waals surface area contributed by atoms with Gasteiger partial charge in [-0.15, -0.1) is 0 Å². The van der Waals surface area contributed by atoms with E-state index in [9.17, 15) is 19.8 Å². The topological polar surface area (TPSA) is 136 Å². The van der Waals surface area contributed by atoms with Gasteiger partial charge in [-0.05, 0) is 43.9 Å². The van der Waals surface area contributed by atoms with E-state index in [1.54, 1.807) is 52.7 Å². The van der Waals surface area contributed by atoms with Crippen LogP contribution in [0.4, 0.5) is 5.69 Å². The van der Waals surface area contributed by atoms with E-state index in [0.717, 1.165) is 12.8 Å². The number of anilines is 1. The van der Waals surface area contributed by atoms with Crippen molar-refractivity contribution in [2.24, 2.45) is 34.5 Å². The fraction of sp³-hybridized carbons (Fsp3) is 0.765. The van der Waals surface area contributed by atoms with Gasteiger partial charge in [-0.3, -0.25) is 9.69 Å². The van der Waals surface area contributed by atoms with Crippen molar-refractivity contribution in [3.8, 4) is 0 Å². The first-order valence-corrected chi connectivity index (χ1v) is 16.4. The Hall–Kier alpha value is -2.12. The number of carbonyl (C=O) groups excluding carboxylic acids is 2. The molecule has 1 unspecified atom stereocenters. The molecule has 7 rings (SSSR count). The molecule has 248 valence electrons. The molecular formula is C34H48N2O9. The summed E-state index contributed by atoms with van der Waals surface area (Å²) in [5, 5.41) is 29.2. The largest absolute Gasteiger partial charge is 0.461 e. The number of hydrogen-bond donors (Lipinski definition) is 3. The molecule has 7 bridgehead atoms. The Balaban J connectivity index is 1.37. The van der Waals surface area contributed by atoms with Crippen LogP contribution in [0.5, 0.6) is 0 Å². The Morgan fingerprint density at radius 3 is 2.47 bits per heavy atom. The van der Waals surface area contributed by atoms with Gasteiger partial charge in [-0.2, -0.15) is 0 Å². The van der Waals surface area contributed by atoms with Crippen molar-refractivity contribution in [1.29, 1.82) is 0 Å². The highest BCUT2D eigenvalue weighted by atomic mass is 16.5. The number of methoxy groups -OCH3 is 4. The fourth-order valence-electron chi connectivity index (χ4n) is 12.2. The van der Waals surface area contributed by atoms with Crippen molar-refractivity contribution in [3.63, 3.8) is 0 Å². The maximum Gasteiger partial charge on any atom is 0.340 e. The fourth-order valence-corrected chi connectivity index (χ4v) is 12.2. The zero-order valence-corrected chi connectivity index (χ0v) is 27.2. The number of piperidine rings is 1. The van der Waals surface area contributed by atoms with E-state index in [-0.39, 0.29) is 60.1 Å². The van der Waals surface area contributed by atoms with Gasteiger partial charge in [-0.1, -0.05) is 19.1 Å². The molecule has 1 heterocycles. The second-order valence-electron chi connectivity index (χ2n) is 14.5. The molecule has 3 N–H and O–H groups in total. The van der Waals surface area contributed by atoms with Gasteiger partial charge in [0.05, 0.1) is 48.3 Å². The van der Waals surface area contributed by atoms with Crippen molar-refractivity contribution in [2.45, 2.75) is 81.2 Å². The molecule has 1 amide bonds. The molecule has 13 atom stereocenters. The molecule has 1 aliphatic heterocycles. The highest BCUT2D eigenvalue weighted by Crippen LogP contribution is 2.80. The number of fused-ring (bicyclic) bond motifs is 2. The number of amides is 1. The maximum atomic E-state index is 13.7. The van der Waals surface area contributed by atoms with E-state index in [1.807, 2.05) is 0 Å². The second kappa shape index (κ2) is 10.7. The summed E-state index contributed by atoms with van der Waals surface area (Å²) in [7, 11) is 6.75. The number of benzene rings is 1. The molecule has 11 nitrogen and oxygen atoms in total. The van der Waals surface area contributed by atoms with Gasteiger partial charge in [0.2, 0.25) is 5.91 Å². The van der Waals surface area contributed by atoms with Gasteiger partial charge in [-0.25, -0.2) is 4.79 Å². The standard InChI is InChI=1S/C34H48N2O9/c1-7-36-16-31(17-45-29(38)19-10-8-9-11-22(19)35-18(2)37)13-12-24(42-4)33-21-14-20-23(41-3)15-32(39,25(21)26(20)43-5)34(40,30(33)36)28(44-6)27(31)33/h8-11,20-21,23-28,30,39-40H,7,12-17H2,1-6H3,(H,35,37)/t20-,21-,23+,24+,25-,26+,27-,28+,30+,31+,32-,33?,34-/m1/s1. The van der Waals surface area contributed by atoms with E-state index < -0.39 is 40.1 Å². The minimum absolute atomic E-state index is 0.0387. The molecule has 1 aromatic carbocycles. The molecule has 1 aromatic rings. The summed E-state index contributed by atoms with van der Waals surface area (Å²) in [4.78, 5) is 27.9. The lowest BCUT2D eigenvalue weighted by molar-refractivity contribution is -0.320. The highest BCUT2D eigenvalue weighted by molar-refractivity contribution is 6.00. The number of likely N-dealkylation sites (N-methyl/N-ethyl adjacent to an activating group) is 1. The number of para-hydroxylation sites is 1. The van der Waals surface area contributed by atoms with Gasteiger partial charge >= 0.3 is 5.97 Å². The summed E-state index contributed by atoms with van der Waals surface area (Å²) in [5.41, 5.74) is -3.68. The third-order valence-electron chi connectivity index (χ3n) is 13.3. The van der Waals surface area contributed by atoms with Crippen molar-refractivity contribution >= 4 is 17.6 Å². The minimum atomic E-state index is -1.66. The lowest BCUT2D eigenvalue weighted by Crippen LogP contribution is -2.82. The van der Waals surface area contributed by atoms with Crippen LogP contribution in [0, 0.1) is 34.5 Å². The smallest absolute Gasteiger partial charge is 0.340 e. The van der Waals surface area contributed by atoms with Gasteiger partial charge in [0.25, 0.3) is 0 Å². The van der Waals surface area contributed by atoms with Crippen LogP contribution < -0.4 is 5.32 Å². The third kappa shape index (κ3) is 3.72. The first-order chi connectivity index (χ1) is 21.5. The number of nitrogens with zero attached hydrogens (tertiary/aromatic N) is 1. The second-order valence-corrected chi connectivity index (χ2v) is 14.5. The predicted octanol–water partition coefficient (Wildman–Crippen LogP) is 2.09. The molecule has 5 aliphatic carbocycles. The predicted molar refractivity (Wildman–Crippen MR) is 162 cm³/mol. The Kier molecular flexibility index (Phi) is 7.48. The average molecular weight is 629 g/mol. The molecule has 0 aromatic heterocycles. The summed E-state index contributed by atoms with van der Waals surface area (Å²) in [6.07, 6.45) is 0.993. The molecule has 45 heavy (non-hydrogen) atoms. The summed E-state index contributed by atoms with van der Waals surface area (Å²) in [6.45, 7) is 4.81. The summed E-state index contributed by atoms with van der Waals surface area (Å²) in [6, 6.07) is 6.41. The van der Waals surface area contributed by atoms with E-state index in [0.29, 0.717) is 31.6 Å². The van der Waals surface area contributed by atoms with E-state index in [1.165, 1.54) is 6.92 Å². The van der Waals surface area contributed by atoms with Crippen LogP contribution in [0.15, 0.2) is 24.3 Å². The Morgan fingerprint density at radius 1 is 1.07 bits per heavy atom. The number of likely N-dealkylation sites (tertiary alicyclic amines) is 1. The van der Waals surface area contributed by atoms with Gasteiger partial charge in [0, 0.05) is 76.9 Å². The van der Waals surface area contributed by atoms with E-state index >= 15 is 0 Å². The maximum absolute atomic E-state index is 13.7. The Bertz CT molecular complexity index is 1360. The van der Waals surface area contributed by atoms with Crippen LogP contribution in [0.25, 0.3) is 0 Å². The molecule has 6 fully saturated rings. The van der Waals surface area contributed by atoms with Gasteiger partial charge in [0.15, 0.2) is 0 Å². The van der Waals surface area contributed by atoms with Gasteiger partial charge in [0.1, 0.15) is 11.2 Å². The van der Waals surface area contributed by atoms with E-state index in [2.05, 4.69) is 17.1 Å². The normalized spacial score (nSPS) is 47.4. The van der Waals surface area contributed by atoms with Gasteiger partial charge < -0.3 is 39.2 Å². The van der Waals surface area contributed by atoms with Crippen LogP contribution in [0.3, 0.4) is 0 Å². The Morgan fingerprint density at radius 2 is 1.82 bits per heavy atom.